The van der Waals surface area contributed by atoms with Crippen molar-refractivity contribution in [2.24, 2.45) is 0 Å². The van der Waals surface area contributed by atoms with Crippen LogP contribution in [-0.4, -0.2) is 32.0 Å². The third-order valence-corrected chi connectivity index (χ3v) is 6.49. The Hall–Kier alpha value is -2.14. The molecule has 2 aromatic rings. The van der Waals surface area contributed by atoms with Gasteiger partial charge in [-0.1, -0.05) is 6.92 Å². The molecular weight excluding hydrogens is 336 g/mol. The van der Waals surface area contributed by atoms with Gasteiger partial charge in [0.1, 0.15) is 11.5 Å². The first kappa shape index (κ1) is 19.2. The molecule has 0 fully saturated rings. The van der Waals surface area contributed by atoms with E-state index in [1.54, 1.807) is 14.2 Å². The molecule has 0 spiro atoms. The Morgan fingerprint density at radius 3 is 1.64 bits per heavy atom. The van der Waals surface area contributed by atoms with Crippen molar-refractivity contribution in [1.82, 2.24) is 0 Å². The lowest BCUT2D eigenvalue weighted by molar-refractivity contribution is -0.142. The number of carbonyl (C=O) groups excluding carboxylic acids is 1. The second-order valence-corrected chi connectivity index (χ2v) is 7.53. The molecule has 4 nitrogen and oxygen atoms in total. The smallest absolute Gasteiger partial charge is 0.360 e. The minimum atomic E-state index is -0.427. The van der Waals surface area contributed by atoms with Crippen LogP contribution in [0.15, 0.2) is 58.3 Å². The van der Waals surface area contributed by atoms with Crippen LogP contribution < -0.4 is 9.47 Å². The summed E-state index contributed by atoms with van der Waals surface area (Å²) in [5, 5.41) is -0.221. The van der Waals surface area contributed by atoms with E-state index >= 15 is 0 Å². The molecule has 0 saturated heterocycles. The van der Waals surface area contributed by atoms with E-state index in [1.165, 1.54) is 0 Å². The zero-order valence-corrected chi connectivity index (χ0v) is 16.0. The molecule has 0 aliphatic heterocycles. The minimum absolute atomic E-state index is 0.153. The van der Waals surface area contributed by atoms with E-state index in [1.807, 2.05) is 62.4 Å². The Bertz CT molecular complexity index is 620. The van der Waals surface area contributed by atoms with E-state index in [9.17, 15) is 4.79 Å². The van der Waals surface area contributed by atoms with Gasteiger partial charge in [0.2, 0.25) is 5.25 Å². The summed E-state index contributed by atoms with van der Waals surface area (Å²) in [6.07, 6.45) is 0.708. The number of esters is 1. The van der Waals surface area contributed by atoms with E-state index < -0.39 is 10.9 Å². The normalized spacial score (nSPS) is 11.9. The number of benzene rings is 2. The third kappa shape index (κ3) is 4.69. The summed E-state index contributed by atoms with van der Waals surface area (Å²) < 4.78 is 15.8. The second kappa shape index (κ2) is 9.37. The van der Waals surface area contributed by atoms with Gasteiger partial charge in [0, 0.05) is 6.42 Å². The van der Waals surface area contributed by atoms with Crippen molar-refractivity contribution in [3.63, 3.8) is 0 Å². The zero-order chi connectivity index (χ0) is 18.2. The lowest BCUT2D eigenvalue weighted by atomic mass is 10.3. The maximum atomic E-state index is 12.5. The van der Waals surface area contributed by atoms with E-state index in [0.717, 1.165) is 21.3 Å². The molecule has 0 heterocycles. The van der Waals surface area contributed by atoms with Gasteiger partial charge in [-0.15, -0.1) is 0 Å². The summed E-state index contributed by atoms with van der Waals surface area (Å²) in [4.78, 5) is 14.7. The minimum Gasteiger partial charge on any atom is -0.497 e. The number of hydrogen-bond donors (Lipinski definition) is 0. The van der Waals surface area contributed by atoms with E-state index in [0.29, 0.717) is 13.0 Å². The average molecular weight is 361 g/mol. The van der Waals surface area contributed by atoms with Crippen LogP contribution in [-0.2, 0) is 20.4 Å². The molecule has 0 radical (unpaired) electrons. The molecule has 134 valence electrons. The van der Waals surface area contributed by atoms with Crippen molar-refractivity contribution in [1.29, 1.82) is 0 Å². The molecule has 0 aliphatic carbocycles. The Labute approximate surface area is 152 Å². The third-order valence-electron chi connectivity index (χ3n) is 3.83. The predicted octanol–water partition coefficient (Wildman–Crippen LogP) is 4.08. The lowest BCUT2D eigenvalue weighted by Crippen LogP contribution is -2.32. The van der Waals surface area contributed by atoms with Gasteiger partial charge >= 0.3 is 5.97 Å². The Morgan fingerprint density at radius 1 is 0.880 bits per heavy atom. The van der Waals surface area contributed by atoms with Gasteiger partial charge < -0.3 is 14.2 Å². The van der Waals surface area contributed by atoms with Crippen LogP contribution in [0.4, 0.5) is 0 Å². The number of ether oxygens (including phenoxy) is 3. The van der Waals surface area contributed by atoms with Crippen molar-refractivity contribution in [3.05, 3.63) is 48.5 Å². The van der Waals surface area contributed by atoms with Crippen LogP contribution in [0, 0.1) is 0 Å². The average Bonchev–Trinajstić information content (AvgIpc) is 2.66. The van der Waals surface area contributed by atoms with Gasteiger partial charge in [0.15, 0.2) is 9.79 Å². The molecule has 1 unspecified atom stereocenters. The molecule has 0 aromatic heterocycles. The van der Waals surface area contributed by atoms with Crippen molar-refractivity contribution in [2.45, 2.75) is 35.3 Å². The van der Waals surface area contributed by atoms with Crippen LogP contribution in [0.25, 0.3) is 0 Å². The fourth-order valence-corrected chi connectivity index (χ4v) is 4.96. The highest BCUT2D eigenvalue weighted by atomic mass is 32.2. The molecule has 0 aliphatic rings. The van der Waals surface area contributed by atoms with Crippen molar-refractivity contribution in [2.75, 3.05) is 20.8 Å². The first-order chi connectivity index (χ1) is 12.1. The van der Waals surface area contributed by atoms with E-state index in [-0.39, 0.29) is 11.2 Å². The molecule has 0 bridgehead atoms. The monoisotopic (exact) mass is 361 g/mol. The largest absolute Gasteiger partial charge is 0.497 e. The standard InChI is InChI=1S/C20H25O4S/c1-5-19(20(21)24-6-2)25(17-11-7-15(22-3)8-12-17)18-13-9-16(23-4)10-14-18/h7-14,19H,5-6H2,1-4H3/q+1. The summed E-state index contributed by atoms with van der Waals surface area (Å²) in [7, 11) is 2.86. The Kier molecular flexibility index (Phi) is 7.19. The number of hydrogen-bond acceptors (Lipinski definition) is 4. The summed E-state index contributed by atoms with van der Waals surface area (Å²) in [6.45, 7) is 4.25. The first-order valence-electron chi connectivity index (χ1n) is 8.32. The van der Waals surface area contributed by atoms with Gasteiger partial charge in [-0.2, -0.15) is 0 Å². The quantitative estimate of drug-likeness (QED) is 0.525. The number of rotatable bonds is 8. The summed E-state index contributed by atoms with van der Waals surface area (Å²) in [5.41, 5.74) is 0. The lowest BCUT2D eigenvalue weighted by Gasteiger charge is -2.17. The molecule has 0 amide bonds. The highest BCUT2D eigenvalue weighted by molar-refractivity contribution is 7.98. The highest BCUT2D eigenvalue weighted by Gasteiger charge is 2.40. The summed E-state index contributed by atoms with van der Waals surface area (Å²) in [6, 6.07) is 15.8. The van der Waals surface area contributed by atoms with Gasteiger partial charge in [-0.05, 0) is 55.5 Å². The second-order valence-electron chi connectivity index (χ2n) is 5.34. The van der Waals surface area contributed by atoms with Crippen LogP contribution >= 0.6 is 0 Å². The maximum Gasteiger partial charge on any atom is 0.360 e. The number of methoxy groups -OCH3 is 2. The van der Waals surface area contributed by atoms with Gasteiger partial charge in [-0.3, -0.25) is 0 Å². The van der Waals surface area contributed by atoms with Crippen molar-refractivity contribution in [3.8, 4) is 11.5 Å². The Morgan fingerprint density at radius 2 is 1.32 bits per heavy atom. The van der Waals surface area contributed by atoms with Crippen LogP contribution in [0.3, 0.4) is 0 Å². The topological polar surface area (TPSA) is 44.8 Å². The summed E-state index contributed by atoms with van der Waals surface area (Å²) in [5.74, 6) is 1.44. The van der Waals surface area contributed by atoms with Gasteiger partial charge in [0.25, 0.3) is 0 Å². The van der Waals surface area contributed by atoms with Gasteiger partial charge in [0.05, 0.1) is 31.7 Å². The molecular formula is C20H25O4S+. The highest BCUT2D eigenvalue weighted by Crippen LogP contribution is 2.32. The SMILES string of the molecule is CCOC(=O)C(CC)[S+](c1ccc(OC)cc1)c1ccc(OC)cc1. The fourth-order valence-electron chi connectivity index (χ4n) is 2.57. The molecule has 2 aromatic carbocycles. The first-order valence-corrected chi connectivity index (χ1v) is 9.61. The van der Waals surface area contributed by atoms with Crippen LogP contribution in [0.1, 0.15) is 20.3 Å². The zero-order valence-electron chi connectivity index (χ0n) is 15.2. The molecule has 1 atom stereocenters. The molecule has 5 heteroatoms. The van der Waals surface area contributed by atoms with E-state index in [4.69, 9.17) is 14.2 Å². The van der Waals surface area contributed by atoms with Crippen LogP contribution in [0.2, 0.25) is 0 Å². The fraction of sp³-hybridized carbons (Fsp3) is 0.350. The predicted molar refractivity (Wildman–Crippen MR) is 101 cm³/mol. The van der Waals surface area contributed by atoms with Crippen molar-refractivity contribution < 1.29 is 19.0 Å². The molecule has 0 saturated carbocycles. The molecule has 0 N–H and O–H groups in total. The summed E-state index contributed by atoms with van der Waals surface area (Å²) >= 11 is 0. The molecule has 25 heavy (non-hydrogen) atoms. The molecule has 2 rings (SSSR count). The maximum absolute atomic E-state index is 12.5. The Balaban J connectivity index is 2.46. The van der Waals surface area contributed by atoms with Gasteiger partial charge in [-0.25, -0.2) is 4.79 Å². The van der Waals surface area contributed by atoms with Crippen LogP contribution in [0.5, 0.6) is 11.5 Å². The van der Waals surface area contributed by atoms with Crippen molar-refractivity contribution >= 4 is 16.9 Å². The van der Waals surface area contributed by atoms with E-state index in [2.05, 4.69) is 0 Å². The number of carbonyl (C=O) groups is 1.